The predicted molar refractivity (Wildman–Crippen MR) is 72.5 cm³/mol. The van der Waals surface area contributed by atoms with E-state index in [9.17, 15) is 13.2 Å². The van der Waals surface area contributed by atoms with E-state index >= 15 is 0 Å². The van der Waals surface area contributed by atoms with Gasteiger partial charge in [-0.15, -0.1) is 5.10 Å². The maximum absolute atomic E-state index is 12.4. The van der Waals surface area contributed by atoms with Crippen LogP contribution >= 0.6 is 11.8 Å². The lowest BCUT2D eigenvalue weighted by molar-refractivity contribution is -0.0328. The number of aromatic nitrogens is 4. The van der Waals surface area contributed by atoms with Gasteiger partial charge in [0, 0.05) is 22.7 Å². The highest BCUT2D eigenvalue weighted by Crippen LogP contribution is 2.37. The molecule has 0 atom stereocenters. The van der Waals surface area contributed by atoms with Gasteiger partial charge < -0.3 is 5.73 Å². The quantitative estimate of drug-likeness (QED) is 0.737. The van der Waals surface area contributed by atoms with Crippen molar-refractivity contribution >= 4 is 23.4 Å². The second-order valence-corrected chi connectivity index (χ2v) is 5.22. The topological polar surface area (TPSA) is 69.1 Å². The molecule has 21 heavy (non-hydrogen) atoms. The van der Waals surface area contributed by atoms with Gasteiger partial charge >= 0.3 is 5.51 Å². The fourth-order valence-corrected chi connectivity index (χ4v) is 2.39. The number of fused-ring (bicyclic) bond motifs is 1. The fraction of sp³-hybridized carbons (Fsp3) is 0.0833. The number of thioether (sulfide) groups is 1. The van der Waals surface area contributed by atoms with Crippen molar-refractivity contribution in [1.29, 1.82) is 0 Å². The Kier molecular flexibility index (Phi) is 3.20. The summed E-state index contributed by atoms with van der Waals surface area (Å²) < 4.78 is 38.5. The van der Waals surface area contributed by atoms with Crippen LogP contribution in [0.3, 0.4) is 0 Å². The fourth-order valence-electron chi connectivity index (χ4n) is 1.79. The Morgan fingerprint density at radius 1 is 1.19 bits per heavy atom. The summed E-state index contributed by atoms with van der Waals surface area (Å²) >= 11 is -0.180. The average Bonchev–Trinajstić information content (AvgIpc) is 2.82. The Morgan fingerprint density at radius 3 is 2.71 bits per heavy atom. The van der Waals surface area contributed by atoms with Crippen LogP contribution in [0.5, 0.6) is 0 Å². The summed E-state index contributed by atoms with van der Waals surface area (Å²) in [5.74, 6) is 0.450. The number of rotatable bonds is 2. The van der Waals surface area contributed by atoms with E-state index in [0.29, 0.717) is 17.0 Å². The summed E-state index contributed by atoms with van der Waals surface area (Å²) in [7, 11) is 0. The van der Waals surface area contributed by atoms with Crippen LogP contribution in [-0.4, -0.2) is 25.1 Å². The number of anilines is 1. The maximum atomic E-state index is 12.4. The largest absolute Gasteiger partial charge is 0.446 e. The highest BCUT2D eigenvalue weighted by Gasteiger charge is 2.29. The van der Waals surface area contributed by atoms with Crippen molar-refractivity contribution in [3.05, 3.63) is 36.5 Å². The Labute approximate surface area is 121 Å². The molecule has 0 aliphatic carbocycles. The van der Waals surface area contributed by atoms with E-state index in [1.54, 1.807) is 12.1 Å². The molecule has 0 aliphatic rings. The van der Waals surface area contributed by atoms with Gasteiger partial charge in [0.15, 0.2) is 11.5 Å². The first kappa shape index (κ1) is 13.7. The van der Waals surface area contributed by atoms with E-state index in [-0.39, 0.29) is 22.6 Å². The predicted octanol–water partition coefficient (Wildman–Crippen LogP) is 2.99. The molecule has 0 saturated carbocycles. The van der Waals surface area contributed by atoms with Crippen LogP contribution in [0.1, 0.15) is 0 Å². The summed E-state index contributed by atoms with van der Waals surface area (Å²) in [6, 6.07) is 7.54. The Bertz CT molecular complexity index is 799. The molecule has 0 radical (unpaired) electrons. The molecule has 9 heteroatoms. The van der Waals surface area contributed by atoms with Gasteiger partial charge in [0.05, 0.1) is 0 Å². The van der Waals surface area contributed by atoms with E-state index in [1.165, 1.54) is 28.9 Å². The number of alkyl halides is 3. The molecular weight excluding hydrogens is 303 g/mol. The van der Waals surface area contributed by atoms with Crippen LogP contribution < -0.4 is 5.73 Å². The number of nitrogen functional groups attached to an aromatic ring is 1. The lowest BCUT2D eigenvalue weighted by Crippen LogP contribution is -2.00. The van der Waals surface area contributed by atoms with Crippen molar-refractivity contribution in [1.82, 2.24) is 19.6 Å². The molecule has 0 aliphatic heterocycles. The molecular formula is C12H8F3N5S. The molecule has 108 valence electrons. The van der Waals surface area contributed by atoms with Crippen LogP contribution in [0, 0.1) is 0 Å². The molecule has 3 rings (SSSR count). The van der Waals surface area contributed by atoms with Gasteiger partial charge in [-0.3, -0.25) is 0 Å². The van der Waals surface area contributed by atoms with Crippen molar-refractivity contribution in [3.63, 3.8) is 0 Å². The zero-order chi connectivity index (χ0) is 15.0. The van der Waals surface area contributed by atoms with Gasteiger partial charge in [-0.05, 0) is 23.9 Å². The average molecular weight is 311 g/mol. The van der Waals surface area contributed by atoms with Gasteiger partial charge in [0.1, 0.15) is 0 Å². The molecule has 0 bridgehead atoms. The molecule has 5 nitrogen and oxygen atoms in total. The van der Waals surface area contributed by atoms with E-state index in [2.05, 4.69) is 15.1 Å². The van der Waals surface area contributed by atoms with Gasteiger partial charge in [-0.25, -0.2) is 9.97 Å². The Hall–Kier alpha value is -2.29. The summed E-state index contributed by atoms with van der Waals surface area (Å²) in [6.45, 7) is 0. The molecule has 3 aromatic rings. The van der Waals surface area contributed by atoms with Crippen LogP contribution in [0.25, 0.3) is 17.0 Å². The second kappa shape index (κ2) is 4.92. The first-order valence-electron chi connectivity index (χ1n) is 5.76. The summed E-state index contributed by atoms with van der Waals surface area (Å²) in [4.78, 5) is 8.16. The molecule has 0 unspecified atom stereocenters. The first-order chi connectivity index (χ1) is 9.92. The summed E-state index contributed by atoms with van der Waals surface area (Å²) in [5.41, 5.74) is 2.28. The smallest absolute Gasteiger partial charge is 0.368 e. The highest BCUT2D eigenvalue weighted by molar-refractivity contribution is 8.00. The molecule has 1 aromatic carbocycles. The van der Waals surface area contributed by atoms with E-state index in [1.807, 2.05) is 0 Å². The molecule has 0 fully saturated rings. The molecule has 2 aromatic heterocycles. The second-order valence-electron chi connectivity index (χ2n) is 4.08. The molecule has 2 N–H and O–H groups in total. The maximum Gasteiger partial charge on any atom is 0.446 e. The normalized spacial score (nSPS) is 12.0. The number of nitrogens with two attached hydrogens (primary N) is 1. The summed E-state index contributed by atoms with van der Waals surface area (Å²) in [5, 5.41) is 4.15. The molecule has 0 saturated heterocycles. The van der Waals surface area contributed by atoms with Crippen molar-refractivity contribution in [2.45, 2.75) is 10.4 Å². The highest BCUT2D eigenvalue weighted by atomic mass is 32.2. The Balaban J connectivity index is 2.02. The molecule has 0 spiro atoms. The van der Waals surface area contributed by atoms with Gasteiger partial charge in [-0.1, -0.05) is 12.1 Å². The minimum atomic E-state index is -4.33. The van der Waals surface area contributed by atoms with Crippen molar-refractivity contribution in [2.75, 3.05) is 5.73 Å². The zero-order valence-electron chi connectivity index (χ0n) is 10.4. The number of hydrogen-bond acceptors (Lipinski definition) is 5. The SMILES string of the molecule is Nc1nccc2nc(-c3cccc(SC(F)(F)F)c3)nn12. The van der Waals surface area contributed by atoms with Crippen LogP contribution in [-0.2, 0) is 0 Å². The summed E-state index contributed by atoms with van der Waals surface area (Å²) in [6.07, 6.45) is 1.49. The third-order valence-electron chi connectivity index (χ3n) is 2.61. The standard InChI is InChI=1S/C12H8F3N5S/c13-12(14,15)21-8-3-1-2-7(6-8)10-18-9-4-5-17-11(16)20(9)19-10/h1-6H,(H2,16,17). The minimum Gasteiger partial charge on any atom is -0.368 e. The minimum absolute atomic E-state index is 0.0740. The van der Waals surface area contributed by atoms with Crippen LogP contribution in [0.4, 0.5) is 19.1 Å². The third kappa shape index (κ3) is 2.92. The monoisotopic (exact) mass is 311 g/mol. The number of hydrogen-bond donors (Lipinski definition) is 1. The zero-order valence-corrected chi connectivity index (χ0v) is 11.2. The van der Waals surface area contributed by atoms with Gasteiger partial charge in [0.2, 0.25) is 5.95 Å². The lowest BCUT2D eigenvalue weighted by Gasteiger charge is -2.05. The van der Waals surface area contributed by atoms with Crippen LogP contribution in [0.2, 0.25) is 0 Å². The van der Waals surface area contributed by atoms with Crippen molar-refractivity contribution < 1.29 is 13.2 Å². The molecule has 2 heterocycles. The van der Waals surface area contributed by atoms with E-state index < -0.39 is 5.51 Å². The van der Waals surface area contributed by atoms with Crippen LogP contribution in [0.15, 0.2) is 41.4 Å². The van der Waals surface area contributed by atoms with Crippen molar-refractivity contribution in [3.8, 4) is 11.4 Å². The van der Waals surface area contributed by atoms with Crippen molar-refractivity contribution in [2.24, 2.45) is 0 Å². The number of nitrogens with zero attached hydrogens (tertiary/aromatic N) is 4. The number of halogens is 3. The third-order valence-corrected chi connectivity index (χ3v) is 3.33. The van der Waals surface area contributed by atoms with Gasteiger partial charge in [0.25, 0.3) is 0 Å². The Morgan fingerprint density at radius 2 is 2.00 bits per heavy atom. The van der Waals surface area contributed by atoms with E-state index in [4.69, 9.17) is 5.73 Å². The van der Waals surface area contributed by atoms with E-state index in [0.717, 1.165) is 0 Å². The lowest BCUT2D eigenvalue weighted by atomic mass is 10.2. The number of benzene rings is 1. The van der Waals surface area contributed by atoms with Gasteiger partial charge in [-0.2, -0.15) is 17.7 Å². The molecule has 0 amide bonds. The first-order valence-corrected chi connectivity index (χ1v) is 6.57.